The molecule has 0 unspecified atom stereocenters. The molecule has 102 valence electrons. The smallest absolute Gasteiger partial charge is 0.273 e. The number of nitrogens with zero attached hydrogens (tertiary/aromatic N) is 4. The van der Waals surface area contributed by atoms with Crippen LogP contribution in [0.2, 0.25) is 0 Å². The van der Waals surface area contributed by atoms with Gasteiger partial charge in [-0.25, -0.2) is 13.6 Å². The summed E-state index contributed by atoms with van der Waals surface area (Å²) in [4.78, 5) is 1.97. The van der Waals surface area contributed by atoms with E-state index in [1.54, 1.807) is 7.05 Å². The number of hydrogen-bond donors (Lipinski definition) is 1. The molecule has 1 aromatic carbocycles. The van der Waals surface area contributed by atoms with E-state index in [9.17, 15) is 8.42 Å². The third kappa shape index (κ3) is 2.59. The van der Waals surface area contributed by atoms with Crippen molar-refractivity contribution in [3.63, 3.8) is 0 Å². The number of benzene rings is 1. The lowest BCUT2D eigenvalue weighted by molar-refractivity contribution is 0.580. The van der Waals surface area contributed by atoms with Crippen LogP contribution in [0.25, 0.3) is 11.4 Å². The van der Waals surface area contributed by atoms with Gasteiger partial charge in [0, 0.05) is 32.4 Å². The fourth-order valence-corrected chi connectivity index (χ4v) is 2.35. The summed E-state index contributed by atoms with van der Waals surface area (Å²) in [6.45, 7) is 0. The molecular formula is C11H15N5O2S. The fraction of sp³-hybridized carbons (Fsp3) is 0.273. The van der Waals surface area contributed by atoms with Crippen molar-refractivity contribution in [3.8, 4) is 11.4 Å². The minimum atomic E-state index is -3.86. The molecule has 0 saturated carbocycles. The van der Waals surface area contributed by atoms with E-state index in [1.807, 2.05) is 43.3 Å². The minimum Gasteiger partial charge on any atom is -0.378 e. The van der Waals surface area contributed by atoms with Gasteiger partial charge in [0.25, 0.3) is 15.2 Å². The summed E-state index contributed by atoms with van der Waals surface area (Å²) in [5.74, 6) is 0.453. The highest BCUT2D eigenvalue weighted by Crippen LogP contribution is 2.21. The van der Waals surface area contributed by atoms with Gasteiger partial charge >= 0.3 is 0 Å². The summed E-state index contributed by atoms with van der Waals surface area (Å²) in [6.07, 6.45) is 0. The van der Waals surface area contributed by atoms with Gasteiger partial charge in [-0.2, -0.15) is 0 Å². The summed E-state index contributed by atoms with van der Waals surface area (Å²) in [5.41, 5.74) is 1.81. The van der Waals surface area contributed by atoms with E-state index < -0.39 is 10.0 Å². The number of hydrogen-bond acceptors (Lipinski definition) is 5. The molecule has 0 aliphatic heterocycles. The first-order valence-corrected chi connectivity index (χ1v) is 7.05. The van der Waals surface area contributed by atoms with Crippen LogP contribution >= 0.6 is 0 Å². The zero-order valence-electron chi connectivity index (χ0n) is 10.9. The molecule has 0 aliphatic carbocycles. The Labute approximate surface area is 111 Å². The second-order valence-corrected chi connectivity index (χ2v) is 5.81. The van der Waals surface area contributed by atoms with Gasteiger partial charge in [-0.1, -0.05) is 0 Å². The summed E-state index contributed by atoms with van der Waals surface area (Å²) in [7, 11) is 1.59. The molecule has 0 aliphatic rings. The van der Waals surface area contributed by atoms with Crippen LogP contribution in [0, 0.1) is 0 Å². The van der Waals surface area contributed by atoms with Crippen molar-refractivity contribution in [3.05, 3.63) is 24.3 Å². The van der Waals surface area contributed by atoms with Crippen LogP contribution < -0.4 is 10.0 Å². The Kier molecular flexibility index (Phi) is 3.29. The van der Waals surface area contributed by atoms with Crippen LogP contribution in [0.4, 0.5) is 5.69 Å². The summed E-state index contributed by atoms with van der Waals surface area (Å²) >= 11 is 0. The normalized spacial score (nSPS) is 11.6. The zero-order chi connectivity index (χ0) is 14.2. The van der Waals surface area contributed by atoms with Gasteiger partial charge in [0.15, 0.2) is 5.82 Å². The fourth-order valence-electron chi connectivity index (χ4n) is 1.72. The molecule has 0 fully saturated rings. The van der Waals surface area contributed by atoms with Crippen molar-refractivity contribution in [1.29, 1.82) is 0 Å². The molecule has 0 bridgehead atoms. The van der Waals surface area contributed by atoms with Crippen molar-refractivity contribution in [1.82, 2.24) is 14.8 Å². The number of nitrogens with two attached hydrogens (primary N) is 1. The quantitative estimate of drug-likeness (QED) is 0.867. The number of aromatic nitrogens is 3. The molecular weight excluding hydrogens is 266 g/mol. The molecule has 0 radical (unpaired) electrons. The number of primary sulfonamides is 1. The van der Waals surface area contributed by atoms with Gasteiger partial charge in [-0.05, 0) is 24.3 Å². The van der Waals surface area contributed by atoms with Crippen LogP contribution in [0.3, 0.4) is 0 Å². The highest BCUT2D eigenvalue weighted by atomic mass is 32.2. The van der Waals surface area contributed by atoms with Crippen molar-refractivity contribution in [2.45, 2.75) is 5.16 Å². The van der Waals surface area contributed by atoms with Gasteiger partial charge in [0.05, 0.1) is 0 Å². The maximum atomic E-state index is 11.3. The van der Waals surface area contributed by atoms with Crippen LogP contribution in [0.15, 0.2) is 29.4 Å². The van der Waals surface area contributed by atoms with Crippen molar-refractivity contribution in [2.24, 2.45) is 12.2 Å². The lowest BCUT2D eigenvalue weighted by atomic mass is 10.2. The predicted octanol–water partition coefficient (Wildman–Crippen LogP) is 0.195. The average Bonchev–Trinajstić information content (AvgIpc) is 2.71. The van der Waals surface area contributed by atoms with Gasteiger partial charge in [-0.15, -0.1) is 10.2 Å². The van der Waals surface area contributed by atoms with Crippen molar-refractivity contribution in [2.75, 3.05) is 19.0 Å². The highest BCUT2D eigenvalue weighted by Gasteiger charge is 2.19. The Morgan fingerprint density at radius 1 is 1.16 bits per heavy atom. The second-order valence-electron chi connectivity index (χ2n) is 4.35. The van der Waals surface area contributed by atoms with E-state index in [2.05, 4.69) is 10.2 Å². The molecule has 7 nitrogen and oxygen atoms in total. The minimum absolute atomic E-state index is 0.251. The lowest BCUT2D eigenvalue weighted by Crippen LogP contribution is -2.17. The molecule has 19 heavy (non-hydrogen) atoms. The first-order chi connectivity index (χ1) is 8.80. The van der Waals surface area contributed by atoms with Crippen LogP contribution in [0.5, 0.6) is 0 Å². The molecule has 2 rings (SSSR count). The van der Waals surface area contributed by atoms with E-state index in [0.717, 1.165) is 11.3 Å². The highest BCUT2D eigenvalue weighted by molar-refractivity contribution is 7.89. The topological polar surface area (TPSA) is 94.1 Å². The van der Waals surface area contributed by atoms with Crippen molar-refractivity contribution < 1.29 is 8.42 Å². The first-order valence-electron chi connectivity index (χ1n) is 5.50. The number of sulfonamides is 1. The molecule has 0 atom stereocenters. The van der Waals surface area contributed by atoms with Gasteiger partial charge in [0.1, 0.15) is 0 Å². The van der Waals surface area contributed by atoms with Crippen LogP contribution in [-0.2, 0) is 17.1 Å². The molecule has 2 aromatic rings. The lowest BCUT2D eigenvalue weighted by Gasteiger charge is -2.12. The molecule has 2 N–H and O–H groups in total. The molecule has 0 spiro atoms. The molecule has 0 amide bonds. The summed E-state index contributed by atoms with van der Waals surface area (Å²) in [5, 5.41) is 12.3. The predicted molar refractivity (Wildman–Crippen MR) is 72.1 cm³/mol. The van der Waals surface area contributed by atoms with Gasteiger partial charge < -0.3 is 4.90 Å². The van der Waals surface area contributed by atoms with E-state index in [0.29, 0.717) is 5.82 Å². The molecule has 1 heterocycles. The average molecular weight is 281 g/mol. The monoisotopic (exact) mass is 281 g/mol. The maximum absolute atomic E-state index is 11.3. The maximum Gasteiger partial charge on any atom is 0.273 e. The Morgan fingerprint density at radius 3 is 2.16 bits per heavy atom. The SMILES string of the molecule is CN(C)c1ccc(-c2nnc(S(N)(=O)=O)n2C)cc1. The summed E-state index contributed by atoms with van der Waals surface area (Å²) in [6, 6.07) is 7.54. The number of anilines is 1. The third-order valence-corrected chi connectivity index (χ3v) is 3.60. The Bertz CT molecular complexity index is 688. The Balaban J connectivity index is 2.46. The van der Waals surface area contributed by atoms with Gasteiger partial charge in [-0.3, -0.25) is 4.57 Å². The van der Waals surface area contributed by atoms with E-state index in [-0.39, 0.29) is 5.16 Å². The second kappa shape index (κ2) is 4.63. The first kappa shape index (κ1) is 13.5. The largest absolute Gasteiger partial charge is 0.378 e. The summed E-state index contributed by atoms with van der Waals surface area (Å²) < 4.78 is 23.9. The van der Waals surface area contributed by atoms with E-state index in [1.165, 1.54) is 4.57 Å². The molecule has 8 heteroatoms. The Hall–Kier alpha value is -1.93. The zero-order valence-corrected chi connectivity index (χ0v) is 11.7. The van der Waals surface area contributed by atoms with Crippen molar-refractivity contribution >= 4 is 15.7 Å². The number of rotatable bonds is 3. The van der Waals surface area contributed by atoms with E-state index in [4.69, 9.17) is 5.14 Å². The molecule has 1 aromatic heterocycles. The third-order valence-electron chi connectivity index (χ3n) is 2.73. The van der Waals surface area contributed by atoms with Crippen LogP contribution in [0.1, 0.15) is 0 Å². The Morgan fingerprint density at radius 2 is 1.74 bits per heavy atom. The molecule has 0 saturated heterocycles. The van der Waals surface area contributed by atoms with Crippen LogP contribution in [-0.4, -0.2) is 37.3 Å². The standard InChI is InChI=1S/C11H15N5O2S/c1-15(2)9-6-4-8(5-7-9)10-13-14-11(16(10)3)19(12,17)18/h4-7H,1-3H3,(H2,12,17,18). The van der Waals surface area contributed by atoms with E-state index >= 15 is 0 Å². The van der Waals surface area contributed by atoms with Gasteiger partial charge in [0.2, 0.25) is 0 Å².